The van der Waals surface area contributed by atoms with Crippen LogP contribution in [0.1, 0.15) is 43.0 Å². The largest absolute Gasteiger partial charge is 0.480 e. The molecule has 1 aliphatic rings. The van der Waals surface area contributed by atoms with E-state index >= 15 is 0 Å². The predicted molar refractivity (Wildman–Crippen MR) is 71.7 cm³/mol. The number of carboxylic acids is 1. The Morgan fingerprint density at radius 1 is 1.40 bits per heavy atom. The molecule has 0 aliphatic heterocycles. The van der Waals surface area contributed by atoms with E-state index in [1.54, 1.807) is 12.1 Å². The molecule has 1 aliphatic carbocycles. The first-order chi connectivity index (χ1) is 9.56. The molecule has 1 amide bonds. The van der Waals surface area contributed by atoms with Crippen molar-refractivity contribution < 1.29 is 19.4 Å². The number of nitrogens with one attached hydrogen (secondary N) is 1. The predicted octanol–water partition coefficient (Wildman–Crippen LogP) is 1.61. The molecule has 0 aromatic carbocycles. The average Bonchev–Trinajstić information content (AvgIpc) is 2.92. The Hall–Kier alpha value is -2.11. The SMILES string of the molecule is C[C@H](NC(=O)c1ccc(OC2CCCC2)nc1)C(=O)O. The van der Waals surface area contributed by atoms with Gasteiger partial charge in [-0.3, -0.25) is 9.59 Å². The van der Waals surface area contributed by atoms with Gasteiger partial charge < -0.3 is 15.2 Å². The second-order valence-electron chi connectivity index (χ2n) is 4.94. The Morgan fingerprint density at radius 3 is 2.65 bits per heavy atom. The van der Waals surface area contributed by atoms with Crippen LogP contribution >= 0.6 is 0 Å². The number of carbonyl (C=O) groups is 2. The van der Waals surface area contributed by atoms with Gasteiger partial charge in [0.25, 0.3) is 5.91 Å². The van der Waals surface area contributed by atoms with Crippen LogP contribution in [0, 0.1) is 0 Å². The van der Waals surface area contributed by atoms with E-state index in [1.807, 2.05) is 0 Å². The molecule has 108 valence electrons. The van der Waals surface area contributed by atoms with Crippen LogP contribution in [-0.4, -0.2) is 34.1 Å². The van der Waals surface area contributed by atoms with E-state index in [9.17, 15) is 9.59 Å². The third kappa shape index (κ3) is 3.69. The molecule has 1 heterocycles. The molecule has 1 aromatic rings. The topological polar surface area (TPSA) is 88.5 Å². The Labute approximate surface area is 117 Å². The second-order valence-corrected chi connectivity index (χ2v) is 4.94. The van der Waals surface area contributed by atoms with Crippen molar-refractivity contribution >= 4 is 11.9 Å². The molecule has 1 saturated carbocycles. The number of nitrogens with zero attached hydrogens (tertiary/aromatic N) is 1. The van der Waals surface area contributed by atoms with Crippen LogP contribution in [0.3, 0.4) is 0 Å². The standard InChI is InChI=1S/C14H18N2O4/c1-9(14(18)19)16-13(17)10-6-7-12(15-8-10)20-11-4-2-3-5-11/h6-9,11H,2-5H2,1H3,(H,16,17)(H,18,19)/t9-/m0/s1. The van der Waals surface area contributed by atoms with Crippen LogP contribution in [0.5, 0.6) is 5.88 Å². The summed E-state index contributed by atoms with van der Waals surface area (Å²) in [5, 5.41) is 11.1. The fourth-order valence-corrected chi connectivity index (χ4v) is 2.10. The molecule has 0 bridgehead atoms. The number of hydrogen-bond donors (Lipinski definition) is 2. The zero-order chi connectivity index (χ0) is 14.5. The molecule has 0 saturated heterocycles. The Morgan fingerprint density at radius 2 is 2.10 bits per heavy atom. The highest BCUT2D eigenvalue weighted by atomic mass is 16.5. The zero-order valence-electron chi connectivity index (χ0n) is 11.3. The van der Waals surface area contributed by atoms with Crippen molar-refractivity contribution in [3.8, 4) is 5.88 Å². The number of aromatic nitrogens is 1. The van der Waals surface area contributed by atoms with Crippen molar-refractivity contribution in [2.75, 3.05) is 0 Å². The first kappa shape index (κ1) is 14.3. The lowest BCUT2D eigenvalue weighted by atomic mass is 10.2. The summed E-state index contributed by atoms with van der Waals surface area (Å²) >= 11 is 0. The molecular weight excluding hydrogens is 260 g/mol. The fraction of sp³-hybridized carbons (Fsp3) is 0.500. The molecule has 20 heavy (non-hydrogen) atoms. The number of amides is 1. The second kappa shape index (κ2) is 6.36. The minimum atomic E-state index is -1.08. The lowest BCUT2D eigenvalue weighted by Gasteiger charge is -2.12. The third-order valence-corrected chi connectivity index (χ3v) is 3.31. The van der Waals surface area contributed by atoms with E-state index in [4.69, 9.17) is 9.84 Å². The van der Waals surface area contributed by atoms with Crippen LogP contribution in [0.2, 0.25) is 0 Å². The van der Waals surface area contributed by atoms with Gasteiger partial charge in [-0.1, -0.05) is 0 Å². The molecule has 1 aromatic heterocycles. The molecule has 2 rings (SSSR count). The molecule has 0 radical (unpaired) electrons. The van der Waals surface area contributed by atoms with E-state index in [2.05, 4.69) is 10.3 Å². The molecule has 1 fully saturated rings. The minimum Gasteiger partial charge on any atom is -0.480 e. The zero-order valence-corrected chi connectivity index (χ0v) is 11.3. The van der Waals surface area contributed by atoms with Gasteiger partial charge in [-0.25, -0.2) is 4.98 Å². The van der Waals surface area contributed by atoms with Gasteiger partial charge in [-0.15, -0.1) is 0 Å². The van der Waals surface area contributed by atoms with E-state index < -0.39 is 17.9 Å². The van der Waals surface area contributed by atoms with Crippen LogP contribution in [0.15, 0.2) is 18.3 Å². The lowest BCUT2D eigenvalue weighted by molar-refractivity contribution is -0.138. The summed E-state index contributed by atoms with van der Waals surface area (Å²) in [7, 11) is 0. The van der Waals surface area contributed by atoms with Crippen LogP contribution < -0.4 is 10.1 Å². The van der Waals surface area contributed by atoms with Crippen molar-refractivity contribution in [3.05, 3.63) is 23.9 Å². The van der Waals surface area contributed by atoms with Gasteiger partial charge in [-0.05, 0) is 38.7 Å². The van der Waals surface area contributed by atoms with Gasteiger partial charge in [0.15, 0.2) is 0 Å². The van der Waals surface area contributed by atoms with Gasteiger partial charge >= 0.3 is 5.97 Å². The third-order valence-electron chi connectivity index (χ3n) is 3.31. The summed E-state index contributed by atoms with van der Waals surface area (Å²) in [5.74, 6) is -1.04. The Kier molecular flexibility index (Phi) is 4.55. The smallest absolute Gasteiger partial charge is 0.325 e. The van der Waals surface area contributed by atoms with Gasteiger partial charge in [0.1, 0.15) is 12.1 Å². The average molecular weight is 278 g/mol. The van der Waals surface area contributed by atoms with Crippen molar-refractivity contribution in [1.29, 1.82) is 0 Å². The highest BCUT2D eigenvalue weighted by Gasteiger charge is 2.18. The van der Waals surface area contributed by atoms with Crippen LogP contribution in [-0.2, 0) is 4.79 Å². The highest BCUT2D eigenvalue weighted by molar-refractivity contribution is 5.96. The molecule has 1 atom stereocenters. The maximum atomic E-state index is 11.8. The molecule has 6 nitrogen and oxygen atoms in total. The first-order valence-corrected chi connectivity index (χ1v) is 6.72. The van der Waals surface area contributed by atoms with Crippen molar-refractivity contribution in [1.82, 2.24) is 10.3 Å². The van der Waals surface area contributed by atoms with Crippen molar-refractivity contribution in [2.24, 2.45) is 0 Å². The number of pyridine rings is 1. The van der Waals surface area contributed by atoms with Crippen LogP contribution in [0.4, 0.5) is 0 Å². The number of hydrogen-bond acceptors (Lipinski definition) is 4. The van der Waals surface area contributed by atoms with Crippen LogP contribution in [0.25, 0.3) is 0 Å². The normalized spacial score (nSPS) is 16.6. The van der Waals surface area contributed by atoms with E-state index in [0.717, 1.165) is 12.8 Å². The molecule has 0 spiro atoms. The van der Waals surface area contributed by atoms with Gasteiger partial charge in [0.2, 0.25) is 5.88 Å². The summed E-state index contributed by atoms with van der Waals surface area (Å²) in [6, 6.07) is 2.29. The Bertz CT molecular complexity index is 480. The molecule has 2 N–H and O–H groups in total. The van der Waals surface area contributed by atoms with Gasteiger partial charge in [-0.2, -0.15) is 0 Å². The summed E-state index contributed by atoms with van der Waals surface area (Å²) in [4.78, 5) is 26.5. The maximum absolute atomic E-state index is 11.8. The van der Waals surface area contributed by atoms with E-state index in [-0.39, 0.29) is 6.10 Å². The fourth-order valence-electron chi connectivity index (χ4n) is 2.10. The maximum Gasteiger partial charge on any atom is 0.325 e. The van der Waals surface area contributed by atoms with Crippen molar-refractivity contribution in [3.63, 3.8) is 0 Å². The summed E-state index contributed by atoms with van der Waals surface area (Å²) in [6.07, 6.45) is 6.05. The number of ether oxygens (including phenoxy) is 1. The first-order valence-electron chi connectivity index (χ1n) is 6.72. The number of carbonyl (C=O) groups excluding carboxylic acids is 1. The molecular formula is C14H18N2O4. The Balaban J connectivity index is 1.93. The van der Waals surface area contributed by atoms with Crippen molar-refractivity contribution in [2.45, 2.75) is 44.8 Å². The van der Waals surface area contributed by atoms with Gasteiger partial charge in [0.05, 0.1) is 5.56 Å². The summed E-state index contributed by atoms with van der Waals surface area (Å²) in [5.41, 5.74) is 0.317. The number of carboxylic acid groups (broad SMARTS) is 1. The minimum absolute atomic E-state index is 0.217. The summed E-state index contributed by atoms with van der Waals surface area (Å²) in [6.45, 7) is 1.41. The lowest BCUT2D eigenvalue weighted by Crippen LogP contribution is -2.38. The highest BCUT2D eigenvalue weighted by Crippen LogP contribution is 2.22. The number of rotatable bonds is 5. The van der Waals surface area contributed by atoms with Gasteiger partial charge in [0, 0.05) is 12.3 Å². The van der Waals surface area contributed by atoms with E-state index in [1.165, 1.54) is 26.0 Å². The molecule has 0 unspecified atom stereocenters. The summed E-state index contributed by atoms with van der Waals surface area (Å²) < 4.78 is 5.69. The number of aliphatic carboxylic acids is 1. The van der Waals surface area contributed by atoms with E-state index in [0.29, 0.717) is 11.4 Å². The quantitative estimate of drug-likeness (QED) is 0.854. The molecule has 6 heteroatoms. The monoisotopic (exact) mass is 278 g/mol.